The molecule has 1 aromatic heterocycles. The Morgan fingerprint density at radius 3 is 2.80 bits per heavy atom. The third-order valence-corrected chi connectivity index (χ3v) is 2.89. The van der Waals surface area contributed by atoms with Gasteiger partial charge in [-0.2, -0.15) is 0 Å². The van der Waals surface area contributed by atoms with Crippen molar-refractivity contribution in [1.82, 2.24) is 5.32 Å². The molecule has 0 amide bonds. The molecule has 0 saturated carbocycles. The SMILES string of the molecule is O=[N+]([O-])c1ccc(CNCc2ccc3c(c2)OCO3)o1. The Kier molecular flexibility index (Phi) is 3.26. The number of rotatable bonds is 5. The molecule has 3 rings (SSSR count). The lowest BCUT2D eigenvalue weighted by Crippen LogP contribution is -2.12. The van der Waals surface area contributed by atoms with Gasteiger partial charge in [0.2, 0.25) is 6.79 Å². The topological polar surface area (TPSA) is 86.8 Å². The first kappa shape index (κ1) is 12.5. The van der Waals surface area contributed by atoms with E-state index in [9.17, 15) is 10.1 Å². The van der Waals surface area contributed by atoms with Crippen LogP contribution in [0, 0.1) is 10.1 Å². The molecule has 2 heterocycles. The lowest BCUT2D eigenvalue weighted by Gasteiger charge is -2.04. The van der Waals surface area contributed by atoms with Crippen molar-refractivity contribution in [3.8, 4) is 11.5 Å². The summed E-state index contributed by atoms with van der Waals surface area (Å²) in [5.41, 5.74) is 1.04. The van der Waals surface area contributed by atoms with E-state index in [-0.39, 0.29) is 12.7 Å². The second kappa shape index (κ2) is 5.22. The van der Waals surface area contributed by atoms with Crippen molar-refractivity contribution in [2.24, 2.45) is 0 Å². The third-order valence-electron chi connectivity index (χ3n) is 2.89. The van der Waals surface area contributed by atoms with Crippen molar-refractivity contribution in [2.45, 2.75) is 13.1 Å². The number of hydrogen-bond donors (Lipinski definition) is 1. The van der Waals surface area contributed by atoms with Crippen molar-refractivity contribution in [2.75, 3.05) is 6.79 Å². The molecule has 0 fully saturated rings. The summed E-state index contributed by atoms with van der Waals surface area (Å²) >= 11 is 0. The monoisotopic (exact) mass is 276 g/mol. The zero-order valence-electron chi connectivity index (χ0n) is 10.5. The van der Waals surface area contributed by atoms with Crippen LogP contribution >= 0.6 is 0 Å². The minimum Gasteiger partial charge on any atom is -0.454 e. The highest BCUT2D eigenvalue weighted by Gasteiger charge is 2.13. The van der Waals surface area contributed by atoms with Crippen LogP contribution in [0.3, 0.4) is 0 Å². The molecule has 1 aromatic carbocycles. The highest BCUT2D eigenvalue weighted by Crippen LogP contribution is 2.32. The van der Waals surface area contributed by atoms with Crippen LogP contribution in [0.4, 0.5) is 5.88 Å². The molecule has 0 unspecified atom stereocenters. The van der Waals surface area contributed by atoms with Gasteiger partial charge in [0, 0.05) is 6.54 Å². The minimum atomic E-state index is -0.554. The van der Waals surface area contributed by atoms with Gasteiger partial charge in [0.15, 0.2) is 11.5 Å². The highest BCUT2D eigenvalue weighted by molar-refractivity contribution is 5.44. The number of fused-ring (bicyclic) bond motifs is 1. The zero-order valence-corrected chi connectivity index (χ0v) is 10.5. The van der Waals surface area contributed by atoms with Crippen LogP contribution in [0.25, 0.3) is 0 Å². The lowest BCUT2D eigenvalue weighted by molar-refractivity contribution is -0.402. The van der Waals surface area contributed by atoms with Crippen LogP contribution < -0.4 is 14.8 Å². The van der Waals surface area contributed by atoms with Crippen molar-refractivity contribution in [3.05, 3.63) is 51.8 Å². The molecular formula is C13H12N2O5. The molecular weight excluding hydrogens is 264 g/mol. The summed E-state index contributed by atoms with van der Waals surface area (Å²) in [6, 6.07) is 8.63. The quantitative estimate of drug-likeness (QED) is 0.665. The third kappa shape index (κ3) is 2.57. The molecule has 0 spiro atoms. The first-order valence-corrected chi connectivity index (χ1v) is 6.05. The predicted octanol–water partition coefficient (Wildman–Crippen LogP) is 2.21. The van der Waals surface area contributed by atoms with Crippen LogP contribution in [0.2, 0.25) is 0 Å². The van der Waals surface area contributed by atoms with Crippen LogP contribution in [0.1, 0.15) is 11.3 Å². The largest absolute Gasteiger partial charge is 0.454 e. The van der Waals surface area contributed by atoms with Gasteiger partial charge in [-0.1, -0.05) is 6.07 Å². The first-order chi connectivity index (χ1) is 9.72. The Balaban J connectivity index is 1.55. The molecule has 7 heteroatoms. The fraction of sp³-hybridized carbons (Fsp3) is 0.231. The molecule has 0 radical (unpaired) electrons. The summed E-state index contributed by atoms with van der Waals surface area (Å²) < 4.78 is 15.6. The van der Waals surface area contributed by atoms with Crippen LogP contribution in [-0.4, -0.2) is 11.7 Å². The van der Waals surface area contributed by atoms with E-state index in [1.807, 2.05) is 18.2 Å². The Morgan fingerprint density at radius 1 is 1.15 bits per heavy atom. The summed E-state index contributed by atoms with van der Waals surface area (Å²) in [6.45, 7) is 1.27. The van der Waals surface area contributed by atoms with E-state index < -0.39 is 4.92 Å². The minimum absolute atomic E-state index is 0.245. The van der Waals surface area contributed by atoms with Crippen LogP contribution in [-0.2, 0) is 13.1 Å². The molecule has 1 aliphatic heterocycles. The Bertz CT molecular complexity index is 637. The first-order valence-electron chi connectivity index (χ1n) is 6.05. The average molecular weight is 276 g/mol. The summed E-state index contributed by atoms with van der Waals surface area (Å²) in [7, 11) is 0. The predicted molar refractivity (Wildman–Crippen MR) is 68.5 cm³/mol. The molecule has 104 valence electrons. The van der Waals surface area contributed by atoms with Gasteiger partial charge in [-0.15, -0.1) is 0 Å². The number of ether oxygens (including phenoxy) is 2. The van der Waals surface area contributed by atoms with E-state index in [2.05, 4.69) is 5.32 Å². The molecule has 0 bridgehead atoms. The Morgan fingerprint density at radius 2 is 2.00 bits per heavy atom. The van der Waals surface area contributed by atoms with Crippen molar-refractivity contribution in [3.63, 3.8) is 0 Å². The van der Waals surface area contributed by atoms with Crippen molar-refractivity contribution >= 4 is 5.88 Å². The zero-order chi connectivity index (χ0) is 13.9. The van der Waals surface area contributed by atoms with Gasteiger partial charge in [-0.3, -0.25) is 10.1 Å². The number of furan rings is 1. The van der Waals surface area contributed by atoms with E-state index in [0.717, 1.165) is 17.1 Å². The maximum Gasteiger partial charge on any atom is 0.433 e. The molecule has 1 N–H and O–H groups in total. The fourth-order valence-electron chi connectivity index (χ4n) is 1.94. The summed E-state index contributed by atoms with van der Waals surface area (Å²) in [4.78, 5) is 9.93. The van der Waals surface area contributed by atoms with Gasteiger partial charge in [-0.05, 0) is 23.8 Å². The van der Waals surface area contributed by atoms with Crippen molar-refractivity contribution in [1.29, 1.82) is 0 Å². The molecule has 2 aromatic rings. The second-order valence-corrected chi connectivity index (χ2v) is 4.29. The van der Waals surface area contributed by atoms with Gasteiger partial charge < -0.3 is 19.2 Å². The molecule has 0 aliphatic carbocycles. The average Bonchev–Trinajstić information content (AvgIpc) is 3.06. The number of nitrogens with zero attached hydrogens (tertiary/aromatic N) is 1. The molecule has 20 heavy (non-hydrogen) atoms. The second-order valence-electron chi connectivity index (χ2n) is 4.29. The van der Waals surface area contributed by atoms with Gasteiger partial charge >= 0.3 is 5.88 Å². The Hall–Kier alpha value is -2.54. The standard InChI is InChI=1S/C13H12N2O5/c16-15(17)13-4-2-10(20-13)7-14-6-9-1-3-11-12(5-9)19-8-18-11/h1-5,14H,6-8H2. The number of hydrogen-bond acceptors (Lipinski definition) is 6. The summed E-state index contributed by atoms with van der Waals surface area (Å²) in [5.74, 6) is 1.76. The van der Waals surface area contributed by atoms with Crippen LogP contribution in [0.15, 0.2) is 34.7 Å². The van der Waals surface area contributed by atoms with E-state index in [1.165, 1.54) is 6.07 Å². The maximum atomic E-state index is 10.5. The van der Waals surface area contributed by atoms with E-state index in [1.54, 1.807) is 6.07 Å². The fourth-order valence-corrected chi connectivity index (χ4v) is 1.94. The summed E-state index contributed by atoms with van der Waals surface area (Å²) in [5, 5.41) is 13.6. The Labute approximate surface area is 114 Å². The molecule has 1 aliphatic rings. The molecule has 7 nitrogen and oxygen atoms in total. The van der Waals surface area contributed by atoms with E-state index >= 15 is 0 Å². The summed E-state index contributed by atoms with van der Waals surface area (Å²) in [6.07, 6.45) is 0. The van der Waals surface area contributed by atoms with Gasteiger partial charge in [0.1, 0.15) is 10.7 Å². The van der Waals surface area contributed by atoms with E-state index in [0.29, 0.717) is 18.8 Å². The van der Waals surface area contributed by atoms with E-state index in [4.69, 9.17) is 13.9 Å². The highest BCUT2D eigenvalue weighted by atomic mass is 16.7. The van der Waals surface area contributed by atoms with Gasteiger partial charge in [-0.25, -0.2) is 0 Å². The van der Waals surface area contributed by atoms with Crippen LogP contribution in [0.5, 0.6) is 11.5 Å². The number of benzene rings is 1. The lowest BCUT2D eigenvalue weighted by atomic mass is 10.2. The van der Waals surface area contributed by atoms with Gasteiger partial charge in [0.05, 0.1) is 12.6 Å². The normalized spacial score (nSPS) is 12.6. The molecule has 0 saturated heterocycles. The smallest absolute Gasteiger partial charge is 0.433 e. The van der Waals surface area contributed by atoms with Crippen molar-refractivity contribution < 1.29 is 18.8 Å². The van der Waals surface area contributed by atoms with Gasteiger partial charge in [0.25, 0.3) is 0 Å². The molecule has 0 atom stereocenters. The maximum absolute atomic E-state index is 10.5. The number of nitro groups is 1. The number of nitrogens with one attached hydrogen (secondary N) is 1.